The van der Waals surface area contributed by atoms with Crippen molar-refractivity contribution < 1.29 is 9.90 Å². The van der Waals surface area contributed by atoms with Gasteiger partial charge in [-0.25, -0.2) is 4.79 Å². The number of nitrogens with zero attached hydrogens (tertiary/aromatic N) is 4. The molecule has 1 aliphatic heterocycles. The monoisotopic (exact) mass is 272 g/mol. The van der Waals surface area contributed by atoms with Crippen molar-refractivity contribution in [1.29, 1.82) is 0 Å². The second-order valence-corrected chi connectivity index (χ2v) is 4.36. The van der Waals surface area contributed by atoms with Gasteiger partial charge in [0, 0.05) is 19.1 Å². The molecule has 1 aromatic heterocycles. The van der Waals surface area contributed by atoms with Crippen molar-refractivity contribution in [1.82, 2.24) is 20.1 Å². The summed E-state index contributed by atoms with van der Waals surface area (Å²) >= 11 is 5.62. The van der Waals surface area contributed by atoms with E-state index >= 15 is 0 Å². The molecule has 0 aromatic carbocycles. The van der Waals surface area contributed by atoms with E-state index in [0.717, 1.165) is 0 Å². The van der Waals surface area contributed by atoms with Crippen molar-refractivity contribution in [2.75, 3.05) is 24.1 Å². The predicted molar refractivity (Wildman–Crippen MR) is 65.5 cm³/mol. The Labute approximate surface area is 108 Å². The van der Waals surface area contributed by atoms with E-state index in [0.29, 0.717) is 31.9 Å². The highest BCUT2D eigenvalue weighted by molar-refractivity contribution is 6.31. The van der Waals surface area contributed by atoms with Crippen LogP contribution in [0.25, 0.3) is 0 Å². The second kappa shape index (κ2) is 5.21. The lowest BCUT2D eigenvalue weighted by molar-refractivity contribution is 0.133. The minimum Gasteiger partial charge on any atom is -0.465 e. The molecule has 0 atom stereocenters. The number of carboxylic acid groups (broad SMARTS) is 1. The number of carbonyl (C=O) groups is 1. The molecule has 1 aromatic rings. The minimum absolute atomic E-state index is 0.0706. The van der Waals surface area contributed by atoms with Crippen molar-refractivity contribution in [2.24, 2.45) is 0 Å². The van der Waals surface area contributed by atoms with Crippen molar-refractivity contribution in [3.05, 3.63) is 5.15 Å². The van der Waals surface area contributed by atoms with Gasteiger partial charge in [0.2, 0.25) is 5.95 Å². The fourth-order valence-corrected chi connectivity index (χ4v) is 1.86. The van der Waals surface area contributed by atoms with Gasteiger partial charge in [-0.05, 0) is 12.8 Å². The fourth-order valence-electron chi connectivity index (χ4n) is 1.78. The molecule has 0 saturated carbocycles. The molecule has 4 N–H and O–H groups in total. The molecule has 2 rings (SSSR count). The highest BCUT2D eigenvalue weighted by Crippen LogP contribution is 2.16. The number of hydrogen-bond donors (Lipinski definition) is 3. The van der Waals surface area contributed by atoms with Gasteiger partial charge in [-0.15, -0.1) is 10.2 Å². The summed E-state index contributed by atoms with van der Waals surface area (Å²) in [5.41, 5.74) is 5.52. The van der Waals surface area contributed by atoms with E-state index in [4.69, 9.17) is 22.4 Å². The van der Waals surface area contributed by atoms with Gasteiger partial charge >= 0.3 is 6.09 Å². The van der Waals surface area contributed by atoms with Gasteiger partial charge in [-0.1, -0.05) is 11.6 Å². The van der Waals surface area contributed by atoms with Gasteiger partial charge in [0.1, 0.15) is 0 Å². The lowest BCUT2D eigenvalue weighted by atomic mass is 10.1. The average molecular weight is 273 g/mol. The van der Waals surface area contributed by atoms with Crippen LogP contribution in [0.15, 0.2) is 0 Å². The normalized spacial score (nSPS) is 16.6. The van der Waals surface area contributed by atoms with E-state index in [1.807, 2.05) is 0 Å². The van der Waals surface area contributed by atoms with Gasteiger partial charge in [-0.2, -0.15) is 4.98 Å². The number of rotatable bonds is 2. The Morgan fingerprint density at radius 1 is 1.44 bits per heavy atom. The van der Waals surface area contributed by atoms with E-state index < -0.39 is 6.09 Å². The van der Waals surface area contributed by atoms with Crippen molar-refractivity contribution >= 4 is 29.5 Å². The summed E-state index contributed by atoms with van der Waals surface area (Å²) in [7, 11) is 0. The van der Waals surface area contributed by atoms with Gasteiger partial charge < -0.3 is 21.1 Å². The largest absolute Gasteiger partial charge is 0.465 e. The minimum atomic E-state index is -0.887. The third-order valence-corrected chi connectivity index (χ3v) is 3.04. The molecule has 8 nitrogen and oxygen atoms in total. The van der Waals surface area contributed by atoms with E-state index in [2.05, 4.69) is 20.5 Å². The van der Waals surface area contributed by atoms with Crippen LogP contribution in [-0.4, -0.2) is 50.4 Å². The molecule has 1 amide bonds. The van der Waals surface area contributed by atoms with Crippen LogP contribution in [0.4, 0.5) is 16.6 Å². The second-order valence-electron chi connectivity index (χ2n) is 4.00. The molecule has 1 aliphatic rings. The first-order valence-electron chi connectivity index (χ1n) is 5.46. The summed E-state index contributed by atoms with van der Waals surface area (Å²) in [6, 6.07) is 0.114. The van der Waals surface area contributed by atoms with Crippen LogP contribution in [0.1, 0.15) is 12.8 Å². The number of anilines is 2. The summed E-state index contributed by atoms with van der Waals surface area (Å²) in [5, 5.41) is 19.4. The summed E-state index contributed by atoms with van der Waals surface area (Å²) < 4.78 is 0. The van der Waals surface area contributed by atoms with Crippen molar-refractivity contribution in [3.63, 3.8) is 0 Å². The zero-order valence-corrected chi connectivity index (χ0v) is 10.3. The Balaban J connectivity index is 1.91. The van der Waals surface area contributed by atoms with Crippen LogP contribution in [0.2, 0.25) is 5.15 Å². The number of likely N-dealkylation sites (tertiary alicyclic amines) is 1. The SMILES string of the molecule is Nc1nc(NC2CCN(C(=O)O)CC2)nnc1Cl. The van der Waals surface area contributed by atoms with Crippen LogP contribution in [-0.2, 0) is 0 Å². The molecule has 0 bridgehead atoms. The summed E-state index contributed by atoms with van der Waals surface area (Å²) in [6.45, 7) is 0.979. The number of nitrogens with one attached hydrogen (secondary N) is 1. The number of piperidine rings is 1. The molecule has 9 heteroatoms. The highest BCUT2D eigenvalue weighted by Gasteiger charge is 2.22. The number of aromatic nitrogens is 3. The third kappa shape index (κ3) is 2.89. The number of nitrogens with two attached hydrogens (primary N) is 1. The van der Waals surface area contributed by atoms with Gasteiger partial charge in [-0.3, -0.25) is 0 Å². The summed E-state index contributed by atoms with van der Waals surface area (Å²) in [6.07, 6.45) is 0.498. The molecule has 1 fully saturated rings. The van der Waals surface area contributed by atoms with Gasteiger partial charge in [0.25, 0.3) is 0 Å². The van der Waals surface area contributed by atoms with Crippen molar-refractivity contribution in [3.8, 4) is 0 Å². The smallest absolute Gasteiger partial charge is 0.407 e. The Kier molecular flexibility index (Phi) is 3.66. The zero-order valence-electron chi connectivity index (χ0n) is 9.51. The molecule has 0 unspecified atom stereocenters. The van der Waals surface area contributed by atoms with Gasteiger partial charge in [0.15, 0.2) is 11.0 Å². The third-order valence-electron chi connectivity index (χ3n) is 2.77. The topological polar surface area (TPSA) is 117 Å². The number of nitrogen functional groups attached to an aromatic ring is 1. The predicted octanol–water partition coefficient (Wildman–Crippen LogP) is 0.661. The maximum Gasteiger partial charge on any atom is 0.407 e. The highest BCUT2D eigenvalue weighted by atomic mass is 35.5. The van der Waals surface area contributed by atoms with E-state index in [-0.39, 0.29) is 17.0 Å². The molecular formula is C9H13ClN6O2. The van der Waals surface area contributed by atoms with Crippen LogP contribution in [0, 0.1) is 0 Å². The summed E-state index contributed by atoms with van der Waals surface area (Å²) in [4.78, 5) is 16.1. The zero-order chi connectivity index (χ0) is 13.1. The maximum absolute atomic E-state index is 10.7. The van der Waals surface area contributed by atoms with Crippen LogP contribution < -0.4 is 11.1 Å². The van der Waals surface area contributed by atoms with Crippen molar-refractivity contribution in [2.45, 2.75) is 18.9 Å². The van der Waals surface area contributed by atoms with Crippen LogP contribution >= 0.6 is 11.6 Å². The van der Waals surface area contributed by atoms with E-state index in [9.17, 15) is 4.79 Å². The Morgan fingerprint density at radius 3 is 2.67 bits per heavy atom. The number of hydrogen-bond acceptors (Lipinski definition) is 6. The molecule has 1 saturated heterocycles. The maximum atomic E-state index is 10.7. The summed E-state index contributed by atoms with van der Waals surface area (Å²) in [5.74, 6) is 0.433. The molecule has 0 radical (unpaired) electrons. The lowest BCUT2D eigenvalue weighted by Gasteiger charge is -2.30. The molecular weight excluding hydrogens is 260 g/mol. The molecule has 98 valence electrons. The van der Waals surface area contributed by atoms with Gasteiger partial charge in [0.05, 0.1) is 0 Å². The number of amides is 1. The quantitative estimate of drug-likeness (QED) is 0.724. The van der Waals surface area contributed by atoms with Crippen LogP contribution in [0.3, 0.4) is 0 Å². The first kappa shape index (κ1) is 12.6. The first-order chi connectivity index (χ1) is 8.56. The lowest BCUT2D eigenvalue weighted by Crippen LogP contribution is -2.41. The first-order valence-corrected chi connectivity index (χ1v) is 5.84. The average Bonchev–Trinajstić information content (AvgIpc) is 2.34. The Bertz CT molecular complexity index is 449. The van der Waals surface area contributed by atoms with E-state index in [1.165, 1.54) is 4.90 Å². The fraction of sp³-hybridized carbons (Fsp3) is 0.556. The number of halogens is 1. The molecule has 2 heterocycles. The standard InChI is InChI=1S/C9H13ClN6O2/c10-6-7(11)13-8(15-14-6)12-5-1-3-16(4-2-5)9(17)18/h5H,1-4H2,(H,17,18)(H3,11,12,13,15). The Hall–Kier alpha value is -1.83. The van der Waals surface area contributed by atoms with Crippen LogP contribution in [0.5, 0.6) is 0 Å². The van der Waals surface area contributed by atoms with E-state index in [1.54, 1.807) is 0 Å². The molecule has 0 spiro atoms. The molecule has 18 heavy (non-hydrogen) atoms. The molecule has 0 aliphatic carbocycles. The Morgan fingerprint density at radius 2 is 2.11 bits per heavy atom.